The van der Waals surface area contributed by atoms with E-state index in [0.717, 1.165) is 24.0 Å². The highest BCUT2D eigenvalue weighted by molar-refractivity contribution is 5.43. The smallest absolute Gasteiger partial charge is 0.0555 e. The van der Waals surface area contributed by atoms with Crippen LogP contribution in [0.2, 0.25) is 0 Å². The Labute approximate surface area is 73.3 Å². The SMILES string of the molecule is CN1C2C3CCCCC4NC43C21. The summed E-state index contributed by atoms with van der Waals surface area (Å²) in [4.78, 5) is 2.59. The van der Waals surface area contributed by atoms with Gasteiger partial charge in [-0.1, -0.05) is 12.8 Å². The fourth-order valence-electron chi connectivity index (χ4n) is 4.22. The van der Waals surface area contributed by atoms with Gasteiger partial charge in [0.15, 0.2) is 0 Å². The predicted octanol–water partition coefficient (Wildman–Crippen LogP) is 0.583. The third-order valence-electron chi connectivity index (χ3n) is 4.83. The molecule has 2 saturated carbocycles. The highest BCUT2D eigenvalue weighted by atomic mass is 15.5. The van der Waals surface area contributed by atoms with Gasteiger partial charge in [0.1, 0.15) is 0 Å². The molecule has 1 N–H and O–H groups in total. The molecule has 6 atom stereocenters. The molecular weight excluding hydrogens is 148 g/mol. The van der Waals surface area contributed by atoms with Crippen molar-refractivity contribution in [3.8, 4) is 0 Å². The van der Waals surface area contributed by atoms with Crippen molar-refractivity contribution in [2.75, 3.05) is 7.05 Å². The molecule has 4 rings (SSSR count). The third-order valence-corrected chi connectivity index (χ3v) is 4.83. The average Bonchev–Trinajstić information content (AvgIpc) is 2.81. The second-order valence-corrected chi connectivity index (χ2v) is 5.12. The van der Waals surface area contributed by atoms with Crippen molar-refractivity contribution in [1.82, 2.24) is 10.2 Å². The fourth-order valence-corrected chi connectivity index (χ4v) is 4.22. The molecule has 2 heterocycles. The van der Waals surface area contributed by atoms with E-state index in [1.807, 2.05) is 0 Å². The van der Waals surface area contributed by atoms with Gasteiger partial charge in [-0.25, -0.2) is 0 Å². The van der Waals surface area contributed by atoms with Crippen molar-refractivity contribution in [3.05, 3.63) is 0 Å². The van der Waals surface area contributed by atoms with E-state index in [4.69, 9.17) is 0 Å². The van der Waals surface area contributed by atoms with E-state index in [1.165, 1.54) is 25.7 Å². The Balaban J connectivity index is 1.71. The van der Waals surface area contributed by atoms with Crippen LogP contribution in [0.5, 0.6) is 0 Å². The number of hydrogen-bond donors (Lipinski definition) is 1. The molecule has 0 bridgehead atoms. The number of likely N-dealkylation sites (N-methyl/N-ethyl adjacent to an activating group) is 1. The summed E-state index contributed by atoms with van der Waals surface area (Å²) >= 11 is 0. The third kappa shape index (κ3) is 0.449. The first kappa shape index (κ1) is 6.39. The summed E-state index contributed by atoms with van der Waals surface area (Å²) in [5, 5.41) is 3.76. The van der Waals surface area contributed by atoms with Gasteiger partial charge >= 0.3 is 0 Å². The molecule has 4 aliphatic rings. The molecule has 2 aliphatic carbocycles. The molecule has 6 unspecified atom stereocenters. The quantitative estimate of drug-likeness (QED) is 0.530. The van der Waals surface area contributed by atoms with E-state index >= 15 is 0 Å². The summed E-state index contributed by atoms with van der Waals surface area (Å²) in [6.45, 7) is 0. The Kier molecular flexibility index (Phi) is 0.851. The lowest BCUT2D eigenvalue weighted by Gasteiger charge is -2.32. The topological polar surface area (TPSA) is 25.0 Å². The normalized spacial score (nSPS) is 71.2. The summed E-state index contributed by atoms with van der Waals surface area (Å²) in [5.41, 5.74) is 0.649. The number of nitrogens with zero attached hydrogens (tertiary/aromatic N) is 1. The van der Waals surface area contributed by atoms with Gasteiger partial charge in [0, 0.05) is 18.1 Å². The van der Waals surface area contributed by atoms with Crippen LogP contribution in [0.4, 0.5) is 0 Å². The minimum atomic E-state index is 0.649. The van der Waals surface area contributed by atoms with E-state index in [2.05, 4.69) is 17.3 Å². The van der Waals surface area contributed by atoms with E-state index in [1.54, 1.807) is 0 Å². The van der Waals surface area contributed by atoms with Crippen molar-refractivity contribution >= 4 is 0 Å². The molecule has 2 aliphatic heterocycles. The molecule has 66 valence electrons. The summed E-state index contributed by atoms with van der Waals surface area (Å²) < 4.78 is 0. The molecule has 2 heteroatoms. The zero-order chi connectivity index (χ0) is 7.92. The van der Waals surface area contributed by atoms with Gasteiger partial charge in [0.25, 0.3) is 0 Å². The lowest BCUT2D eigenvalue weighted by Crippen LogP contribution is -2.48. The van der Waals surface area contributed by atoms with E-state index < -0.39 is 0 Å². The van der Waals surface area contributed by atoms with Crippen molar-refractivity contribution < 1.29 is 0 Å². The van der Waals surface area contributed by atoms with E-state index in [-0.39, 0.29) is 0 Å². The Morgan fingerprint density at radius 1 is 1.33 bits per heavy atom. The highest BCUT2D eigenvalue weighted by Gasteiger charge is 2.83. The number of nitrogens with one attached hydrogen (secondary N) is 1. The Morgan fingerprint density at radius 2 is 2.17 bits per heavy atom. The maximum absolute atomic E-state index is 3.76. The van der Waals surface area contributed by atoms with Crippen LogP contribution in [0, 0.1) is 5.92 Å². The van der Waals surface area contributed by atoms with Gasteiger partial charge in [-0.15, -0.1) is 0 Å². The molecule has 2 nitrogen and oxygen atoms in total. The van der Waals surface area contributed by atoms with Gasteiger partial charge in [-0.05, 0) is 25.8 Å². The Morgan fingerprint density at radius 3 is 3.08 bits per heavy atom. The van der Waals surface area contributed by atoms with Gasteiger partial charge < -0.3 is 5.32 Å². The van der Waals surface area contributed by atoms with Crippen LogP contribution >= 0.6 is 0 Å². The highest BCUT2D eigenvalue weighted by Crippen LogP contribution is 2.66. The number of hydrogen-bond acceptors (Lipinski definition) is 2. The van der Waals surface area contributed by atoms with Gasteiger partial charge in [0.05, 0.1) is 5.54 Å². The number of fused-ring (bicyclic) bond motifs is 2. The Bertz CT molecular complexity index is 252. The lowest BCUT2D eigenvalue weighted by molar-refractivity contribution is 0.270. The first-order chi connectivity index (χ1) is 5.86. The first-order valence-electron chi connectivity index (χ1n) is 5.35. The van der Waals surface area contributed by atoms with Gasteiger partial charge in [-0.2, -0.15) is 0 Å². The molecule has 0 radical (unpaired) electrons. The molecule has 4 fully saturated rings. The largest absolute Gasteiger partial charge is 0.303 e. The van der Waals surface area contributed by atoms with Crippen LogP contribution in [-0.4, -0.2) is 35.6 Å². The van der Waals surface area contributed by atoms with Gasteiger partial charge in [-0.3, -0.25) is 4.90 Å². The molecule has 0 aromatic rings. The number of rotatable bonds is 0. The second-order valence-electron chi connectivity index (χ2n) is 5.12. The fraction of sp³-hybridized carbons (Fsp3) is 1.00. The van der Waals surface area contributed by atoms with Crippen LogP contribution in [0.15, 0.2) is 0 Å². The molecule has 1 spiro atoms. The molecular formula is C10H16N2. The van der Waals surface area contributed by atoms with Crippen LogP contribution in [-0.2, 0) is 0 Å². The summed E-state index contributed by atoms with van der Waals surface area (Å²) in [7, 11) is 2.30. The summed E-state index contributed by atoms with van der Waals surface area (Å²) in [5.74, 6) is 1.03. The average molecular weight is 164 g/mol. The molecule has 0 aromatic carbocycles. The van der Waals surface area contributed by atoms with Crippen molar-refractivity contribution in [2.24, 2.45) is 5.92 Å². The van der Waals surface area contributed by atoms with Gasteiger partial charge in [0.2, 0.25) is 0 Å². The molecule has 12 heavy (non-hydrogen) atoms. The van der Waals surface area contributed by atoms with Crippen LogP contribution in [0.25, 0.3) is 0 Å². The maximum atomic E-state index is 3.76. The predicted molar refractivity (Wildman–Crippen MR) is 47.0 cm³/mol. The zero-order valence-corrected chi connectivity index (χ0v) is 7.59. The summed E-state index contributed by atoms with van der Waals surface area (Å²) in [6, 6.07) is 2.85. The minimum Gasteiger partial charge on any atom is -0.303 e. The van der Waals surface area contributed by atoms with E-state index in [9.17, 15) is 0 Å². The van der Waals surface area contributed by atoms with Crippen molar-refractivity contribution in [3.63, 3.8) is 0 Å². The summed E-state index contributed by atoms with van der Waals surface area (Å²) in [6.07, 6.45) is 5.91. The lowest BCUT2D eigenvalue weighted by atomic mass is 9.69. The molecule has 0 amide bonds. The standard InChI is InChI=1S/C10H16N2/c1-12-8-6-4-2-3-5-7-10(6,11-7)9(8)12/h6-9,11H,2-5H2,1H3. The first-order valence-corrected chi connectivity index (χ1v) is 5.35. The van der Waals surface area contributed by atoms with E-state index in [0.29, 0.717) is 5.54 Å². The van der Waals surface area contributed by atoms with Crippen LogP contribution in [0.1, 0.15) is 25.7 Å². The van der Waals surface area contributed by atoms with Crippen molar-refractivity contribution in [2.45, 2.75) is 49.3 Å². The number of likely N-dealkylation sites (tertiary alicyclic amines) is 1. The van der Waals surface area contributed by atoms with Crippen LogP contribution in [0.3, 0.4) is 0 Å². The Hall–Kier alpha value is -0.0800. The minimum absolute atomic E-state index is 0.649. The zero-order valence-electron chi connectivity index (χ0n) is 7.59. The molecule has 0 aromatic heterocycles. The monoisotopic (exact) mass is 164 g/mol. The second kappa shape index (κ2) is 1.60. The van der Waals surface area contributed by atoms with Crippen molar-refractivity contribution in [1.29, 1.82) is 0 Å². The molecule has 2 saturated heterocycles. The maximum Gasteiger partial charge on any atom is 0.0555 e. The van der Waals surface area contributed by atoms with Crippen LogP contribution < -0.4 is 5.32 Å².